The third-order valence-electron chi connectivity index (χ3n) is 3.10. The number of likely N-dealkylation sites (tertiary alicyclic amines) is 1. The Morgan fingerprint density at radius 1 is 1.24 bits per heavy atom. The van der Waals surface area contributed by atoms with Crippen LogP contribution in [0.5, 0.6) is 0 Å². The first-order chi connectivity index (χ1) is 8.22. The Bertz CT molecular complexity index is 180. The Morgan fingerprint density at radius 2 is 1.94 bits per heavy atom. The molecule has 102 valence electrons. The van der Waals surface area contributed by atoms with Crippen molar-refractivity contribution < 1.29 is 9.47 Å². The molecule has 0 unspecified atom stereocenters. The molecule has 0 saturated carbocycles. The van der Waals surface area contributed by atoms with Crippen molar-refractivity contribution in [2.75, 3.05) is 39.4 Å². The van der Waals surface area contributed by atoms with Crippen LogP contribution < -0.4 is 5.73 Å². The van der Waals surface area contributed by atoms with E-state index in [0.29, 0.717) is 12.2 Å². The largest absolute Gasteiger partial charge is 0.378 e. The first kappa shape index (κ1) is 14.9. The predicted octanol–water partition coefficient (Wildman–Crippen LogP) is 1.24. The molecule has 0 bridgehead atoms. The van der Waals surface area contributed by atoms with Gasteiger partial charge in [0.25, 0.3) is 0 Å². The molecule has 1 aliphatic rings. The van der Waals surface area contributed by atoms with E-state index in [1.807, 2.05) is 0 Å². The zero-order valence-corrected chi connectivity index (χ0v) is 11.4. The van der Waals surface area contributed by atoms with Crippen LogP contribution in [0.15, 0.2) is 0 Å². The fourth-order valence-corrected chi connectivity index (χ4v) is 2.05. The number of piperidine rings is 1. The molecule has 0 aromatic heterocycles. The van der Waals surface area contributed by atoms with E-state index in [2.05, 4.69) is 18.7 Å². The second-order valence-electron chi connectivity index (χ2n) is 4.97. The standard InChI is InChI=1S/C13H28N2O2/c1-12(2)16-11-9-15-7-4-13(5-8-15)17-10-3-6-14/h12-13H,3-11,14H2,1-2H3. The van der Waals surface area contributed by atoms with Crippen molar-refractivity contribution in [3.05, 3.63) is 0 Å². The van der Waals surface area contributed by atoms with Crippen LogP contribution in [0.2, 0.25) is 0 Å². The van der Waals surface area contributed by atoms with Crippen LogP contribution in [-0.4, -0.2) is 56.5 Å². The Hall–Kier alpha value is -0.160. The van der Waals surface area contributed by atoms with Gasteiger partial charge in [-0.1, -0.05) is 0 Å². The van der Waals surface area contributed by atoms with Crippen molar-refractivity contribution >= 4 is 0 Å². The van der Waals surface area contributed by atoms with E-state index in [0.717, 1.165) is 58.7 Å². The summed E-state index contributed by atoms with van der Waals surface area (Å²) in [4.78, 5) is 2.46. The van der Waals surface area contributed by atoms with Crippen LogP contribution >= 0.6 is 0 Å². The van der Waals surface area contributed by atoms with E-state index in [9.17, 15) is 0 Å². The van der Waals surface area contributed by atoms with Crippen molar-refractivity contribution in [2.45, 2.75) is 45.3 Å². The van der Waals surface area contributed by atoms with Crippen molar-refractivity contribution in [3.63, 3.8) is 0 Å². The lowest BCUT2D eigenvalue weighted by atomic mass is 10.1. The number of rotatable bonds is 8. The topological polar surface area (TPSA) is 47.7 Å². The van der Waals surface area contributed by atoms with Gasteiger partial charge in [0.15, 0.2) is 0 Å². The number of nitrogens with zero attached hydrogens (tertiary/aromatic N) is 1. The summed E-state index contributed by atoms with van der Waals surface area (Å²) in [5, 5.41) is 0. The highest BCUT2D eigenvalue weighted by Crippen LogP contribution is 2.13. The van der Waals surface area contributed by atoms with E-state index < -0.39 is 0 Å². The van der Waals surface area contributed by atoms with Gasteiger partial charge in [-0.3, -0.25) is 0 Å². The zero-order valence-electron chi connectivity index (χ0n) is 11.4. The van der Waals surface area contributed by atoms with Gasteiger partial charge in [-0.25, -0.2) is 0 Å². The SMILES string of the molecule is CC(C)OCCN1CCC(OCCCN)CC1. The Balaban J connectivity index is 2.01. The van der Waals surface area contributed by atoms with E-state index >= 15 is 0 Å². The average molecular weight is 244 g/mol. The van der Waals surface area contributed by atoms with Crippen molar-refractivity contribution in [1.29, 1.82) is 0 Å². The summed E-state index contributed by atoms with van der Waals surface area (Å²) in [7, 11) is 0. The maximum Gasteiger partial charge on any atom is 0.0599 e. The second-order valence-corrected chi connectivity index (χ2v) is 4.97. The van der Waals surface area contributed by atoms with E-state index in [-0.39, 0.29) is 0 Å². The second kappa shape index (κ2) is 8.86. The van der Waals surface area contributed by atoms with Gasteiger partial charge in [0, 0.05) is 26.2 Å². The molecule has 1 saturated heterocycles. The van der Waals surface area contributed by atoms with Gasteiger partial charge in [-0.05, 0) is 39.7 Å². The smallest absolute Gasteiger partial charge is 0.0599 e. The summed E-state index contributed by atoms with van der Waals surface area (Å²) < 4.78 is 11.3. The summed E-state index contributed by atoms with van der Waals surface area (Å²) in [6.07, 6.45) is 4.05. The number of hydrogen-bond acceptors (Lipinski definition) is 4. The monoisotopic (exact) mass is 244 g/mol. The minimum absolute atomic E-state index is 0.340. The molecule has 0 aromatic rings. The molecule has 2 N–H and O–H groups in total. The number of hydrogen-bond donors (Lipinski definition) is 1. The molecule has 0 radical (unpaired) electrons. The average Bonchev–Trinajstić information content (AvgIpc) is 2.31. The lowest BCUT2D eigenvalue weighted by Gasteiger charge is -2.31. The van der Waals surface area contributed by atoms with E-state index in [1.165, 1.54) is 0 Å². The summed E-state index contributed by atoms with van der Waals surface area (Å²) in [5.74, 6) is 0. The summed E-state index contributed by atoms with van der Waals surface area (Å²) in [6.45, 7) is 9.87. The number of nitrogens with two attached hydrogens (primary N) is 1. The normalized spacial score (nSPS) is 19.1. The van der Waals surface area contributed by atoms with Crippen LogP contribution in [0, 0.1) is 0 Å². The van der Waals surface area contributed by atoms with Crippen LogP contribution in [0.25, 0.3) is 0 Å². The van der Waals surface area contributed by atoms with E-state index in [1.54, 1.807) is 0 Å². The summed E-state index contributed by atoms with van der Waals surface area (Å²) >= 11 is 0. The maximum atomic E-state index is 5.78. The molecule has 0 aliphatic carbocycles. The van der Waals surface area contributed by atoms with Gasteiger partial charge in [-0.15, -0.1) is 0 Å². The summed E-state index contributed by atoms with van der Waals surface area (Å²) in [6, 6.07) is 0. The molecule has 4 nitrogen and oxygen atoms in total. The highest BCUT2D eigenvalue weighted by atomic mass is 16.5. The molecule has 1 aliphatic heterocycles. The minimum atomic E-state index is 0.340. The van der Waals surface area contributed by atoms with Crippen molar-refractivity contribution in [3.8, 4) is 0 Å². The molecule has 0 amide bonds. The third kappa shape index (κ3) is 6.99. The molecule has 1 rings (SSSR count). The Morgan fingerprint density at radius 3 is 2.53 bits per heavy atom. The molecular weight excluding hydrogens is 216 g/mol. The Kier molecular flexibility index (Phi) is 7.77. The highest BCUT2D eigenvalue weighted by molar-refractivity contribution is 4.72. The van der Waals surface area contributed by atoms with Crippen molar-refractivity contribution in [1.82, 2.24) is 4.90 Å². The maximum absolute atomic E-state index is 5.78. The highest BCUT2D eigenvalue weighted by Gasteiger charge is 2.18. The molecule has 1 fully saturated rings. The third-order valence-corrected chi connectivity index (χ3v) is 3.10. The molecule has 1 heterocycles. The van der Waals surface area contributed by atoms with Gasteiger partial charge >= 0.3 is 0 Å². The van der Waals surface area contributed by atoms with Gasteiger partial charge in [-0.2, -0.15) is 0 Å². The molecule has 0 atom stereocenters. The summed E-state index contributed by atoms with van der Waals surface area (Å²) in [5.41, 5.74) is 5.44. The molecule has 4 heteroatoms. The Labute approximate surface area is 105 Å². The fraction of sp³-hybridized carbons (Fsp3) is 1.00. The molecule has 0 spiro atoms. The van der Waals surface area contributed by atoms with Crippen LogP contribution in [0.4, 0.5) is 0 Å². The van der Waals surface area contributed by atoms with Gasteiger partial charge in [0.2, 0.25) is 0 Å². The number of ether oxygens (including phenoxy) is 2. The van der Waals surface area contributed by atoms with Crippen LogP contribution in [0.3, 0.4) is 0 Å². The first-order valence-corrected chi connectivity index (χ1v) is 6.88. The lowest BCUT2D eigenvalue weighted by Crippen LogP contribution is -2.39. The van der Waals surface area contributed by atoms with E-state index in [4.69, 9.17) is 15.2 Å². The first-order valence-electron chi connectivity index (χ1n) is 6.88. The molecule has 17 heavy (non-hydrogen) atoms. The lowest BCUT2D eigenvalue weighted by molar-refractivity contribution is -0.00362. The molecule has 0 aromatic carbocycles. The van der Waals surface area contributed by atoms with Crippen LogP contribution in [-0.2, 0) is 9.47 Å². The predicted molar refractivity (Wildman–Crippen MR) is 70.2 cm³/mol. The fourth-order valence-electron chi connectivity index (χ4n) is 2.05. The van der Waals surface area contributed by atoms with Crippen LogP contribution in [0.1, 0.15) is 33.1 Å². The minimum Gasteiger partial charge on any atom is -0.378 e. The zero-order chi connectivity index (χ0) is 12.5. The van der Waals surface area contributed by atoms with Gasteiger partial charge in [0.1, 0.15) is 0 Å². The molecular formula is C13H28N2O2. The quantitative estimate of drug-likeness (QED) is 0.653. The van der Waals surface area contributed by atoms with Gasteiger partial charge in [0.05, 0.1) is 18.8 Å². The van der Waals surface area contributed by atoms with Crippen molar-refractivity contribution in [2.24, 2.45) is 5.73 Å². The van der Waals surface area contributed by atoms with Gasteiger partial charge < -0.3 is 20.1 Å².